The number of nitrogens with zero attached hydrogens (tertiary/aromatic N) is 4. The number of nitro groups is 1. The Balaban J connectivity index is 1.43. The summed E-state index contributed by atoms with van der Waals surface area (Å²) in [5.41, 5.74) is -1.73. The summed E-state index contributed by atoms with van der Waals surface area (Å²) in [6, 6.07) is 10.7. The lowest BCUT2D eigenvalue weighted by molar-refractivity contribution is -0.384. The fourth-order valence-electron chi connectivity index (χ4n) is 5.25. The van der Waals surface area contributed by atoms with E-state index in [1.165, 1.54) is 27.6 Å². The summed E-state index contributed by atoms with van der Waals surface area (Å²) in [7, 11) is 0. The Morgan fingerprint density at radius 1 is 0.904 bits per heavy atom. The number of carbonyl (C=O) groups is 3. The van der Waals surface area contributed by atoms with Crippen LogP contribution in [0.5, 0.6) is 5.75 Å². The molecule has 2 aromatic heterocycles. The molecule has 1 saturated heterocycles. The van der Waals surface area contributed by atoms with Crippen LogP contribution in [0.2, 0.25) is 0 Å². The second kappa shape index (κ2) is 14.3. The van der Waals surface area contributed by atoms with E-state index in [4.69, 9.17) is 23.7 Å². The predicted octanol–water partition coefficient (Wildman–Crippen LogP) is 8.06. The minimum Gasteiger partial charge on any atom is -0.444 e. The van der Waals surface area contributed by atoms with E-state index >= 15 is 0 Å². The number of aromatic nitrogens is 2. The van der Waals surface area contributed by atoms with Crippen molar-refractivity contribution in [1.29, 1.82) is 0 Å². The quantitative estimate of drug-likeness (QED) is 0.0591. The Bertz CT molecular complexity index is 1920. The first kappa shape index (κ1) is 37.9. The monoisotopic (exact) mass is 748 g/mol. The normalized spacial score (nSPS) is 17.9. The minimum atomic E-state index is -4.57. The smallest absolute Gasteiger partial charge is 0.444 e. The first-order valence-corrected chi connectivity index (χ1v) is 16.6. The number of alkyl halides is 3. The molecule has 18 heteroatoms. The number of benzene rings is 2. The molecule has 1 fully saturated rings. The van der Waals surface area contributed by atoms with E-state index in [0.717, 1.165) is 29.7 Å². The highest BCUT2D eigenvalue weighted by molar-refractivity contribution is 7.20. The molecular weight excluding hydrogens is 713 g/mol. The fraction of sp³-hybridized carbons (Fsp3) is 0.412. The van der Waals surface area contributed by atoms with Gasteiger partial charge in [-0.2, -0.15) is 13.2 Å². The Morgan fingerprint density at radius 3 is 2.10 bits per heavy atom. The molecule has 52 heavy (non-hydrogen) atoms. The van der Waals surface area contributed by atoms with Gasteiger partial charge in [0.1, 0.15) is 17.0 Å². The van der Waals surface area contributed by atoms with Gasteiger partial charge in [0.2, 0.25) is 0 Å². The van der Waals surface area contributed by atoms with Crippen molar-refractivity contribution < 1.29 is 56.2 Å². The number of ether oxygens (including phenoxy) is 5. The van der Waals surface area contributed by atoms with E-state index in [1.807, 2.05) is 0 Å². The molecule has 2 aromatic carbocycles. The summed E-state index contributed by atoms with van der Waals surface area (Å²) in [6.07, 6.45) is -7.69. The van der Waals surface area contributed by atoms with Crippen molar-refractivity contribution in [1.82, 2.24) is 14.3 Å². The number of hydrogen-bond acceptors (Lipinski definition) is 12. The Hall–Kier alpha value is -5.39. The molecule has 3 atom stereocenters. The minimum absolute atomic E-state index is 0.0614. The maximum atomic E-state index is 13.5. The van der Waals surface area contributed by atoms with Gasteiger partial charge in [-0.25, -0.2) is 19.4 Å². The van der Waals surface area contributed by atoms with Crippen LogP contribution in [0, 0.1) is 10.1 Å². The first-order chi connectivity index (χ1) is 24.1. The largest absolute Gasteiger partial charge is 0.514 e. The van der Waals surface area contributed by atoms with Crippen molar-refractivity contribution in [3.05, 3.63) is 82.3 Å². The molecule has 0 N–H and O–H groups in total. The van der Waals surface area contributed by atoms with Gasteiger partial charge in [0.15, 0.2) is 22.9 Å². The van der Waals surface area contributed by atoms with Crippen molar-refractivity contribution in [2.45, 2.75) is 83.6 Å². The maximum absolute atomic E-state index is 13.5. The molecule has 4 aromatic rings. The van der Waals surface area contributed by atoms with Crippen molar-refractivity contribution >= 4 is 40.4 Å². The van der Waals surface area contributed by atoms with Crippen LogP contribution in [-0.2, 0) is 31.5 Å². The van der Waals surface area contributed by atoms with Crippen LogP contribution in [0.15, 0.2) is 60.9 Å². The summed E-state index contributed by atoms with van der Waals surface area (Å²) < 4.78 is 68.1. The van der Waals surface area contributed by atoms with Crippen LogP contribution in [0.25, 0.3) is 15.4 Å². The van der Waals surface area contributed by atoms with Gasteiger partial charge >= 0.3 is 24.6 Å². The lowest BCUT2D eigenvalue weighted by atomic mass is 9.99. The molecule has 1 aliphatic heterocycles. The number of rotatable bonds is 7. The second-order valence-corrected chi connectivity index (χ2v) is 14.8. The lowest BCUT2D eigenvalue weighted by Gasteiger charge is -2.30. The van der Waals surface area contributed by atoms with Gasteiger partial charge in [0, 0.05) is 24.5 Å². The van der Waals surface area contributed by atoms with Gasteiger partial charge in [-0.3, -0.25) is 19.4 Å². The number of halogens is 3. The number of imidazole rings is 1. The number of non-ortho nitro benzene ring substituents is 1. The molecule has 0 aliphatic carbocycles. The molecule has 1 amide bonds. The van der Waals surface area contributed by atoms with Crippen LogP contribution in [-0.4, -0.2) is 73.6 Å². The average molecular weight is 749 g/mol. The van der Waals surface area contributed by atoms with E-state index in [1.54, 1.807) is 65.8 Å². The number of carbonyl (C=O) groups excluding carboxylic acids is 3. The molecule has 0 spiro atoms. The number of hydrogen-bond donors (Lipinski definition) is 0. The summed E-state index contributed by atoms with van der Waals surface area (Å²) >= 11 is 1.07. The predicted molar refractivity (Wildman–Crippen MR) is 179 cm³/mol. The van der Waals surface area contributed by atoms with Crippen molar-refractivity contribution in [3.63, 3.8) is 0 Å². The average Bonchev–Trinajstić information content (AvgIpc) is 3.69. The highest BCUT2D eigenvalue weighted by Crippen LogP contribution is 2.35. The number of amides is 1. The third-order valence-corrected chi connectivity index (χ3v) is 8.44. The Labute approximate surface area is 299 Å². The van der Waals surface area contributed by atoms with Crippen LogP contribution in [0.1, 0.15) is 52.8 Å². The summed E-state index contributed by atoms with van der Waals surface area (Å²) in [4.78, 5) is 55.7. The lowest BCUT2D eigenvalue weighted by Crippen LogP contribution is -2.45. The van der Waals surface area contributed by atoms with Gasteiger partial charge in [-0.1, -0.05) is 35.6 Å². The molecule has 0 radical (unpaired) electrons. The Morgan fingerprint density at radius 2 is 1.54 bits per heavy atom. The molecule has 1 aliphatic rings. The van der Waals surface area contributed by atoms with Crippen molar-refractivity contribution in [2.24, 2.45) is 0 Å². The van der Waals surface area contributed by atoms with Gasteiger partial charge in [0.05, 0.1) is 22.4 Å². The maximum Gasteiger partial charge on any atom is 0.514 e. The third-order valence-electron chi connectivity index (χ3n) is 7.40. The zero-order chi connectivity index (χ0) is 38.2. The number of nitro benzene ring substituents is 1. The molecule has 14 nitrogen and oxygen atoms in total. The fourth-order valence-corrected chi connectivity index (χ4v) is 6.22. The van der Waals surface area contributed by atoms with E-state index in [0.29, 0.717) is 16.0 Å². The zero-order valence-electron chi connectivity index (χ0n) is 28.8. The zero-order valence-corrected chi connectivity index (χ0v) is 29.6. The molecule has 5 rings (SSSR count). The van der Waals surface area contributed by atoms with Gasteiger partial charge in [0.25, 0.3) is 5.69 Å². The number of fused-ring (bicyclic) bond motifs is 1. The van der Waals surface area contributed by atoms with Crippen LogP contribution >= 0.6 is 11.3 Å². The van der Waals surface area contributed by atoms with Crippen molar-refractivity contribution in [3.8, 4) is 16.2 Å². The molecular formula is C34H35F3N4O10S. The highest BCUT2D eigenvalue weighted by Gasteiger charge is 2.50. The number of likely N-dealkylation sites (tertiary alicyclic amines) is 1. The molecule has 3 heterocycles. The van der Waals surface area contributed by atoms with Crippen LogP contribution in [0.4, 0.5) is 33.2 Å². The molecule has 278 valence electrons. The summed E-state index contributed by atoms with van der Waals surface area (Å²) in [6.45, 7) is 9.66. The molecule has 0 saturated carbocycles. The second-order valence-electron chi connectivity index (χ2n) is 13.8. The van der Waals surface area contributed by atoms with Gasteiger partial charge in [-0.15, -0.1) is 0 Å². The van der Waals surface area contributed by atoms with E-state index in [2.05, 4.69) is 4.98 Å². The standard InChI is InChI=1S/C34H35F3N4O10S/c1-32(2,3)50-29(42)40-16-24(48-31(44)51-33(4,5)6)27(49-30(43)47-22-13-11-21(12-14-22)41(45)46)23(40)15-19-7-9-20(10-8-19)25-17-39-18-26(34(35,36)37)38-28(39)52-25/h7-14,17-18,23-24,27H,15-16H2,1-6H3/t23-,24+,27+/m1/s1. The first-order valence-electron chi connectivity index (χ1n) is 15.8. The topological polar surface area (TPSA) is 161 Å². The van der Waals surface area contributed by atoms with Crippen LogP contribution < -0.4 is 4.74 Å². The van der Waals surface area contributed by atoms with Gasteiger partial charge < -0.3 is 23.7 Å². The summed E-state index contributed by atoms with van der Waals surface area (Å²) in [5, 5.41) is 11.0. The third kappa shape index (κ3) is 9.48. The molecule has 0 unspecified atom stereocenters. The van der Waals surface area contributed by atoms with E-state index in [9.17, 15) is 37.7 Å². The van der Waals surface area contributed by atoms with Crippen molar-refractivity contribution in [2.75, 3.05) is 6.54 Å². The number of thiazole rings is 1. The van der Waals surface area contributed by atoms with Gasteiger partial charge in [-0.05, 0) is 71.2 Å². The van der Waals surface area contributed by atoms with E-state index in [-0.39, 0.29) is 29.4 Å². The van der Waals surface area contributed by atoms with Crippen LogP contribution in [0.3, 0.4) is 0 Å². The summed E-state index contributed by atoms with van der Waals surface area (Å²) in [5.74, 6) is -0.0648. The molecule has 0 bridgehead atoms. The highest BCUT2D eigenvalue weighted by atomic mass is 32.1. The Kier molecular flexibility index (Phi) is 10.4. The SMILES string of the molecule is CC(C)(C)OC(=O)O[C@H]1CN(C(=O)OC(C)(C)C)[C@H](Cc2ccc(-c3cn4cc(C(F)(F)F)nc4s3)cc2)[C@@H]1OC(=O)Oc1ccc([N+](=O)[O-])cc1. The van der Waals surface area contributed by atoms with E-state index < -0.39 is 64.6 Å².